The molecule has 4 N–H and O–H groups in total. The highest BCUT2D eigenvalue weighted by Crippen LogP contribution is 2.25. The minimum atomic E-state index is -1.33. The number of aliphatic hydroxyl groups excluding tert-OH is 2. The lowest BCUT2D eigenvalue weighted by atomic mass is 9.99. The first kappa shape index (κ1) is 11.5. The fourth-order valence-corrected chi connectivity index (χ4v) is 1.25. The summed E-state index contributed by atoms with van der Waals surface area (Å²) in [5, 5.41) is 36.7. The predicted octanol–water partition coefficient (Wildman–Crippen LogP) is 0.505. The lowest BCUT2D eigenvalue weighted by Gasteiger charge is -2.16. The molecule has 2 unspecified atom stereocenters. The van der Waals surface area contributed by atoms with E-state index in [4.69, 9.17) is 15.3 Å². The molecule has 0 spiro atoms. The number of rotatable bonds is 3. The Labute approximate surface area is 86.2 Å². The molecule has 0 heterocycles. The largest absolute Gasteiger partial charge is 0.508 e. The van der Waals surface area contributed by atoms with Crippen LogP contribution in [0.3, 0.4) is 0 Å². The molecule has 0 aliphatic carbocycles. The van der Waals surface area contributed by atoms with Gasteiger partial charge in [0.1, 0.15) is 11.9 Å². The van der Waals surface area contributed by atoms with Gasteiger partial charge in [0.05, 0.1) is 11.7 Å². The monoisotopic (exact) mass is 212 g/mol. The van der Waals surface area contributed by atoms with Crippen LogP contribution in [0, 0.1) is 0 Å². The first-order chi connectivity index (χ1) is 6.93. The molecule has 0 fully saturated rings. The highest BCUT2D eigenvalue weighted by molar-refractivity contribution is 5.89. The lowest BCUT2D eigenvalue weighted by Crippen LogP contribution is -2.17. The molecule has 82 valence electrons. The van der Waals surface area contributed by atoms with Crippen molar-refractivity contribution >= 4 is 5.97 Å². The van der Waals surface area contributed by atoms with E-state index in [2.05, 4.69) is 0 Å². The van der Waals surface area contributed by atoms with Crippen molar-refractivity contribution in [1.29, 1.82) is 0 Å². The maximum absolute atomic E-state index is 10.8. The highest BCUT2D eigenvalue weighted by atomic mass is 16.4. The molecule has 0 aromatic heterocycles. The third kappa shape index (κ3) is 2.45. The van der Waals surface area contributed by atoms with Gasteiger partial charge in [-0.05, 0) is 25.1 Å². The van der Waals surface area contributed by atoms with Crippen molar-refractivity contribution in [1.82, 2.24) is 0 Å². The van der Waals surface area contributed by atoms with Crippen LogP contribution in [-0.4, -0.2) is 32.5 Å². The van der Waals surface area contributed by atoms with Gasteiger partial charge in [-0.3, -0.25) is 0 Å². The number of carboxylic acids is 1. The van der Waals surface area contributed by atoms with Crippen LogP contribution in [0.25, 0.3) is 0 Å². The lowest BCUT2D eigenvalue weighted by molar-refractivity contribution is 0.0291. The number of carboxylic acid groups (broad SMARTS) is 1. The Morgan fingerprint density at radius 2 is 1.93 bits per heavy atom. The van der Waals surface area contributed by atoms with Gasteiger partial charge in [-0.2, -0.15) is 0 Å². The Balaban J connectivity index is 3.24. The van der Waals surface area contributed by atoms with Gasteiger partial charge in [0.2, 0.25) is 0 Å². The normalized spacial score (nSPS) is 14.6. The summed E-state index contributed by atoms with van der Waals surface area (Å²) >= 11 is 0. The average molecular weight is 212 g/mol. The van der Waals surface area contributed by atoms with Crippen molar-refractivity contribution < 1.29 is 25.2 Å². The molecule has 2 atom stereocenters. The molecule has 1 aromatic carbocycles. The van der Waals surface area contributed by atoms with Crippen molar-refractivity contribution in [3.05, 3.63) is 29.3 Å². The van der Waals surface area contributed by atoms with Crippen LogP contribution < -0.4 is 0 Å². The average Bonchev–Trinajstić information content (AvgIpc) is 2.15. The highest BCUT2D eigenvalue weighted by Gasteiger charge is 2.21. The number of aromatic carboxylic acids is 1. The summed E-state index contributed by atoms with van der Waals surface area (Å²) in [5.41, 5.74) is -0.140. The van der Waals surface area contributed by atoms with Gasteiger partial charge in [0.25, 0.3) is 0 Å². The van der Waals surface area contributed by atoms with Crippen molar-refractivity contribution in [2.75, 3.05) is 0 Å². The summed E-state index contributed by atoms with van der Waals surface area (Å²) in [4.78, 5) is 10.8. The van der Waals surface area contributed by atoms with Crippen LogP contribution in [0.2, 0.25) is 0 Å². The molecule has 5 nitrogen and oxygen atoms in total. The molecule has 0 amide bonds. The summed E-state index contributed by atoms with van der Waals surface area (Å²) in [6.07, 6.45) is -2.44. The number of aliphatic hydroxyl groups is 2. The zero-order chi connectivity index (χ0) is 11.6. The smallest absolute Gasteiger partial charge is 0.336 e. The van der Waals surface area contributed by atoms with Crippen LogP contribution in [0.15, 0.2) is 18.2 Å². The van der Waals surface area contributed by atoms with E-state index >= 15 is 0 Å². The van der Waals surface area contributed by atoms with Gasteiger partial charge in [-0.25, -0.2) is 4.79 Å². The minimum absolute atomic E-state index is 0.00231. The molecule has 0 saturated carbocycles. The van der Waals surface area contributed by atoms with E-state index in [1.165, 1.54) is 19.1 Å². The Bertz CT molecular complexity index is 372. The van der Waals surface area contributed by atoms with Crippen LogP contribution in [0.5, 0.6) is 5.75 Å². The van der Waals surface area contributed by atoms with Gasteiger partial charge in [0, 0.05) is 5.56 Å². The van der Waals surface area contributed by atoms with E-state index in [0.29, 0.717) is 0 Å². The molecule has 0 aliphatic rings. The predicted molar refractivity (Wildman–Crippen MR) is 51.7 cm³/mol. The first-order valence-corrected chi connectivity index (χ1v) is 4.36. The number of aromatic hydroxyl groups is 1. The second-order valence-corrected chi connectivity index (χ2v) is 3.26. The van der Waals surface area contributed by atoms with Crippen LogP contribution in [-0.2, 0) is 0 Å². The Morgan fingerprint density at radius 3 is 2.40 bits per heavy atom. The van der Waals surface area contributed by atoms with Crippen molar-refractivity contribution in [2.24, 2.45) is 0 Å². The number of phenols is 1. The van der Waals surface area contributed by atoms with Crippen LogP contribution in [0.1, 0.15) is 28.9 Å². The molecule has 5 heteroatoms. The molecule has 1 rings (SSSR count). The quantitative estimate of drug-likeness (QED) is 0.585. The summed E-state index contributed by atoms with van der Waals surface area (Å²) in [6, 6.07) is 3.52. The fraction of sp³-hybridized carbons (Fsp3) is 0.300. The zero-order valence-electron chi connectivity index (χ0n) is 8.08. The van der Waals surface area contributed by atoms with Crippen molar-refractivity contribution in [3.63, 3.8) is 0 Å². The summed E-state index contributed by atoms with van der Waals surface area (Å²) in [7, 11) is 0. The number of hydrogen-bond acceptors (Lipinski definition) is 4. The van der Waals surface area contributed by atoms with E-state index in [-0.39, 0.29) is 16.9 Å². The second kappa shape index (κ2) is 4.29. The van der Waals surface area contributed by atoms with Gasteiger partial charge in [0.15, 0.2) is 0 Å². The van der Waals surface area contributed by atoms with Gasteiger partial charge in [-0.1, -0.05) is 0 Å². The van der Waals surface area contributed by atoms with Crippen molar-refractivity contribution in [2.45, 2.75) is 19.1 Å². The summed E-state index contributed by atoms with van der Waals surface area (Å²) < 4.78 is 0. The maximum atomic E-state index is 10.8. The Morgan fingerprint density at radius 1 is 1.33 bits per heavy atom. The van der Waals surface area contributed by atoms with E-state index in [1.807, 2.05) is 0 Å². The SMILES string of the molecule is CC(O)C(O)c1cc(O)ccc1C(=O)O. The third-order valence-corrected chi connectivity index (χ3v) is 2.04. The third-order valence-electron chi connectivity index (χ3n) is 2.04. The van der Waals surface area contributed by atoms with Crippen LogP contribution >= 0.6 is 0 Å². The molecule has 15 heavy (non-hydrogen) atoms. The van der Waals surface area contributed by atoms with Crippen LogP contribution in [0.4, 0.5) is 0 Å². The summed E-state index contributed by atoms with van der Waals surface area (Å²) in [5.74, 6) is -1.38. The topological polar surface area (TPSA) is 98.0 Å². The van der Waals surface area contributed by atoms with E-state index in [0.717, 1.165) is 6.07 Å². The van der Waals surface area contributed by atoms with Gasteiger partial charge < -0.3 is 20.4 Å². The molecule has 0 saturated heterocycles. The summed E-state index contributed by atoms with van der Waals surface area (Å²) in [6.45, 7) is 1.33. The van der Waals surface area contributed by atoms with Crippen molar-refractivity contribution in [3.8, 4) is 5.75 Å². The molecular formula is C10H12O5. The van der Waals surface area contributed by atoms with Gasteiger partial charge in [-0.15, -0.1) is 0 Å². The number of carbonyl (C=O) groups is 1. The number of phenolic OH excluding ortho intramolecular Hbond substituents is 1. The standard InChI is InChI=1S/C10H12O5/c1-5(11)9(13)8-4-6(12)2-3-7(8)10(14)15/h2-5,9,11-13H,1H3,(H,14,15). The number of benzene rings is 1. The maximum Gasteiger partial charge on any atom is 0.336 e. The second-order valence-electron chi connectivity index (χ2n) is 3.26. The molecule has 0 aliphatic heterocycles. The molecular weight excluding hydrogens is 200 g/mol. The van der Waals surface area contributed by atoms with E-state index in [9.17, 15) is 9.90 Å². The van der Waals surface area contributed by atoms with E-state index < -0.39 is 18.2 Å². The zero-order valence-corrected chi connectivity index (χ0v) is 8.08. The molecule has 0 bridgehead atoms. The minimum Gasteiger partial charge on any atom is -0.508 e. The Kier molecular flexibility index (Phi) is 3.28. The first-order valence-electron chi connectivity index (χ1n) is 4.36. The molecule has 1 aromatic rings. The molecule has 0 radical (unpaired) electrons. The van der Waals surface area contributed by atoms with E-state index in [1.54, 1.807) is 0 Å². The van der Waals surface area contributed by atoms with Gasteiger partial charge >= 0.3 is 5.97 Å². The fourth-order valence-electron chi connectivity index (χ4n) is 1.25. The Hall–Kier alpha value is -1.59. The number of hydrogen-bond donors (Lipinski definition) is 4.